The van der Waals surface area contributed by atoms with Gasteiger partial charge in [-0.15, -0.1) is 0 Å². The molecule has 0 unspecified atom stereocenters. The molecule has 0 aliphatic carbocycles. The van der Waals surface area contributed by atoms with Crippen LogP contribution in [-0.2, 0) is 11.6 Å². The zero-order valence-corrected chi connectivity index (χ0v) is 9.47. The van der Waals surface area contributed by atoms with E-state index < -0.39 is 7.94 Å². The van der Waals surface area contributed by atoms with Gasteiger partial charge in [-0.05, 0) is 0 Å². The van der Waals surface area contributed by atoms with Gasteiger partial charge in [-0.3, -0.25) is 0 Å². The Bertz CT molecular complexity index is 288. The van der Waals surface area contributed by atoms with E-state index in [0.717, 1.165) is 12.8 Å². The predicted molar refractivity (Wildman–Crippen MR) is 56.5 cm³/mol. The van der Waals surface area contributed by atoms with Gasteiger partial charge in [0, 0.05) is 0 Å². The van der Waals surface area contributed by atoms with E-state index in [0.29, 0.717) is 6.61 Å². The quantitative estimate of drug-likeness (QED) is 0.554. The zero-order valence-electron chi connectivity index (χ0n) is 8.47. The Hall–Kier alpha value is -0.480. The van der Waals surface area contributed by atoms with Gasteiger partial charge >= 0.3 is 83.2 Å². The molecule has 0 bridgehead atoms. The third-order valence-corrected chi connectivity index (χ3v) is 3.58. The molecule has 14 heavy (non-hydrogen) atoms. The van der Waals surface area contributed by atoms with Gasteiger partial charge in [-0.2, -0.15) is 0 Å². The van der Waals surface area contributed by atoms with Crippen LogP contribution < -0.4 is 5.57 Å². The second kappa shape index (κ2) is 4.84. The minimum absolute atomic E-state index is 0.230. The molecule has 2 N–H and O–H groups in total. The summed E-state index contributed by atoms with van der Waals surface area (Å²) in [5.41, 5.74) is 0.230. The van der Waals surface area contributed by atoms with Crippen molar-refractivity contribution >= 4 is 13.5 Å². The summed E-state index contributed by atoms with van der Waals surface area (Å²) < 4.78 is 6.63. The van der Waals surface area contributed by atoms with Gasteiger partial charge in [-0.25, -0.2) is 0 Å². The van der Waals surface area contributed by atoms with Crippen molar-refractivity contribution in [2.75, 3.05) is 6.61 Å². The molecule has 1 rings (SSSR count). The fraction of sp³-hybridized carbons (Fsp3) is 0.625. The molecule has 5 nitrogen and oxygen atoms in total. The number of hydrogen-bond acceptors (Lipinski definition) is 4. The maximum absolute atomic E-state index is 9.67. The van der Waals surface area contributed by atoms with Gasteiger partial charge in [0.25, 0.3) is 0 Å². The van der Waals surface area contributed by atoms with E-state index in [1.807, 2.05) is 6.92 Å². The van der Waals surface area contributed by atoms with Gasteiger partial charge in [0.05, 0.1) is 0 Å². The van der Waals surface area contributed by atoms with Gasteiger partial charge in [0.15, 0.2) is 0 Å². The van der Waals surface area contributed by atoms with Crippen LogP contribution in [0.25, 0.3) is 0 Å². The summed E-state index contributed by atoms with van der Waals surface area (Å²) in [4.78, 5) is 23.2. The van der Waals surface area contributed by atoms with Gasteiger partial charge < -0.3 is 0 Å². The van der Waals surface area contributed by atoms with Crippen LogP contribution in [0, 0.1) is 0 Å². The van der Waals surface area contributed by atoms with Crippen LogP contribution in [0.2, 0.25) is 0 Å². The van der Waals surface area contributed by atoms with E-state index in [1.165, 1.54) is 6.20 Å². The third kappa shape index (κ3) is 2.75. The molecule has 0 saturated carbocycles. The minimum atomic E-state index is -3.76. The van der Waals surface area contributed by atoms with Crippen molar-refractivity contribution in [3.05, 3.63) is 12.4 Å². The van der Waals surface area contributed by atoms with Crippen LogP contribution in [0.1, 0.15) is 19.8 Å². The average Bonchev–Trinajstić information content (AvgIpc) is 2.52. The monoisotopic (exact) mass is 220 g/mol. The molecule has 0 aliphatic heterocycles. The Morgan fingerprint density at radius 3 is 2.79 bits per heavy atom. The molecule has 82 valence electrons. The molecule has 1 aromatic rings. The fourth-order valence-corrected chi connectivity index (χ4v) is 2.44. The molecule has 0 amide bonds. The van der Waals surface area contributed by atoms with Crippen LogP contribution in [0.5, 0.6) is 0 Å². The first-order chi connectivity index (χ1) is 6.58. The van der Waals surface area contributed by atoms with Crippen LogP contribution in [0.15, 0.2) is 12.4 Å². The normalized spacial score (nSPS) is 13.1. The summed E-state index contributed by atoms with van der Waals surface area (Å²) in [6, 6.07) is 0. The number of nitrogens with zero attached hydrogens (tertiary/aromatic N) is 2. The Labute approximate surface area is 83.9 Å². The first kappa shape index (κ1) is 11.6. The van der Waals surface area contributed by atoms with E-state index in [1.54, 1.807) is 17.8 Å². The topological polar surface area (TPSA) is 67.5 Å². The predicted octanol–water partition coefficient (Wildman–Crippen LogP) is 0.342. The number of aryl methyl sites for hydroxylation is 1. The molecule has 1 heterocycles. The van der Waals surface area contributed by atoms with Crippen molar-refractivity contribution in [1.82, 2.24) is 9.55 Å². The molecule has 0 saturated heterocycles. The number of aromatic nitrogens is 2. The van der Waals surface area contributed by atoms with Crippen molar-refractivity contribution in [2.45, 2.75) is 19.8 Å². The molecule has 0 aliphatic rings. The second-order valence-corrected chi connectivity index (χ2v) is 5.12. The van der Waals surface area contributed by atoms with Crippen molar-refractivity contribution in [1.29, 1.82) is 0 Å². The number of hydrogen-bond donors (Lipinski definition) is 2. The molecule has 6 heteroatoms. The summed E-state index contributed by atoms with van der Waals surface area (Å²) in [6.45, 7) is 2.38. The SMILES string of the molecule is CCCCO[PH](O)(O)c1nccn1C. The summed E-state index contributed by atoms with van der Waals surface area (Å²) in [6.07, 6.45) is 4.96. The van der Waals surface area contributed by atoms with Crippen LogP contribution in [0.4, 0.5) is 0 Å². The third-order valence-electron chi connectivity index (χ3n) is 1.91. The molecule has 0 aromatic carbocycles. The first-order valence-electron chi connectivity index (χ1n) is 4.64. The summed E-state index contributed by atoms with van der Waals surface area (Å²) in [7, 11) is -2.05. The number of rotatable bonds is 5. The Balaban J connectivity index is 2.61. The zero-order chi connectivity index (χ0) is 10.6. The maximum atomic E-state index is 9.67. The Morgan fingerprint density at radius 2 is 2.29 bits per heavy atom. The van der Waals surface area contributed by atoms with Gasteiger partial charge in [-0.1, -0.05) is 0 Å². The van der Waals surface area contributed by atoms with E-state index >= 15 is 0 Å². The van der Waals surface area contributed by atoms with Gasteiger partial charge in [0.2, 0.25) is 0 Å². The van der Waals surface area contributed by atoms with E-state index in [-0.39, 0.29) is 5.57 Å². The molecule has 0 radical (unpaired) electrons. The summed E-state index contributed by atoms with van der Waals surface area (Å²) in [5, 5.41) is 0. The van der Waals surface area contributed by atoms with Crippen LogP contribution in [0.3, 0.4) is 0 Å². The number of unbranched alkanes of at least 4 members (excludes halogenated alkanes) is 1. The Kier molecular flexibility index (Phi) is 4.01. The van der Waals surface area contributed by atoms with Crippen LogP contribution in [-0.4, -0.2) is 25.9 Å². The van der Waals surface area contributed by atoms with Gasteiger partial charge in [0.1, 0.15) is 0 Å². The summed E-state index contributed by atoms with van der Waals surface area (Å²) >= 11 is 0. The molecular weight excluding hydrogens is 203 g/mol. The molecular formula is C8H17N2O3P. The van der Waals surface area contributed by atoms with Crippen molar-refractivity contribution in [3.8, 4) is 0 Å². The second-order valence-electron chi connectivity index (χ2n) is 3.17. The average molecular weight is 220 g/mol. The standard InChI is InChI=1S/C8H17N2O3P/c1-3-4-7-13-14(11,12)8-9-5-6-10(8)2/h5-6,11-12,14H,3-4,7H2,1-2H3. The van der Waals surface area contributed by atoms with E-state index in [9.17, 15) is 9.79 Å². The molecule has 0 atom stereocenters. The summed E-state index contributed by atoms with van der Waals surface area (Å²) in [5.74, 6) is 0. The van der Waals surface area contributed by atoms with Crippen molar-refractivity contribution < 1.29 is 14.3 Å². The van der Waals surface area contributed by atoms with Crippen molar-refractivity contribution in [2.24, 2.45) is 7.05 Å². The van der Waals surface area contributed by atoms with E-state index in [4.69, 9.17) is 4.52 Å². The number of imidazole rings is 1. The van der Waals surface area contributed by atoms with E-state index in [2.05, 4.69) is 4.98 Å². The van der Waals surface area contributed by atoms with Crippen LogP contribution >= 0.6 is 7.94 Å². The molecule has 0 fully saturated rings. The molecule has 0 spiro atoms. The first-order valence-corrected chi connectivity index (χ1v) is 6.44. The van der Waals surface area contributed by atoms with Crippen molar-refractivity contribution in [3.63, 3.8) is 0 Å². The molecule has 1 aromatic heterocycles. The Morgan fingerprint density at radius 1 is 1.57 bits per heavy atom. The fourth-order valence-electron chi connectivity index (χ4n) is 1.10.